The van der Waals surface area contributed by atoms with Gasteiger partial charge in [-0.05, 0) is 57.5 Å². The predicted octanol–water partition coefficient (Wildman–Crippen LogP) is 2.56. The van der Waals surface area contributed by atoms with Crippen LogP contribution in [0.1, 0.15) is 50.0 Å². The second-order valence-electron chi connectivity index (χ2n) is 9.41. The number of methoxy groups -OCH3 is 1. The third-order valence-electron chi connectivity index (χ3n) is 5.62. The molecule has 35 heavy (non-hydrogen) atoms. The molecule has 1 aliphatic heterocycles. The molecule has 0 spiro atoms. The van der Waals surface area contributed by atoms with Crippen molar-refractivity contribution in [1.29, 1.82) is 0 Å². The van der Waals surface area contributed by atoms with E-state index in [1.54, 1.807) is 50.4 Å². The first-order valence-electron chi connectivity index (χ1n) is 11.3. The number of carbonyl (C=O) groups is 3. The number of fused-ring (bicyclic) bond motifs is 1. The van der Waals surface area contributed by atoms with Crippen LogP contribution in [0.5, 0.6) is 5.75 Å². The van der Waals surface area contributed by atoms with Gasteiger partial charge in [0.25, 0.3) is 15.9 Å². The zero-order valence-corrected chi connectivity index (χ0v) is 21.4. The number of carbonyl (C=O) groups excluding carboxylic acids is 3. The Morgan fingerprint density at radius 3 is 2.29 bits per heavy atom. The Labute approximate surface area is 206 Å². The number of hydrogen-bond acceptors (Lipinski definition) is 6. The molecule has 3 rings (SSSR count). The molecule has 9 nitrogen and oxygen atoms in total. The Kier molecular flexibility index (Phi) is 7.54. The average Bonchev–Trinajstić information content (AvgIpc) is 3.00. The SMILES string of the molecule is COc1ccc(CN(C(=O)CCN2C(=O)c3ccccc3S2(=O)=O)[C@@H](C)C(=O)NC(C)(C)C)cc1. The minimum Gasteiger partial charge on any atom is -0.497 e. The highest BCUT2D eigenvalue weighted by atomic mass is 32.2. The molecule has 3 amide bonds. The molecule has 1 atom stereocenters. The molecule has 188 valence electrons. The molecule has 0 fully saturated rings. The number of nitrogens with zero attached hydrogens (tertiary/aromatic N) is 2. The fourth-order valence-corrected chi connectivity index (χ4v) is 5.35. The first-order chi connectivity index (χ1) is 16.3. The van der Waals surface area contributed by atoms with Gasteiger partial charge in [0.1, 0.15) is 16.7 Å². The van der Waals surface area contributed by atoms with Crippen molar-refractivity contribution in [3.63, 3.8) is 0 Å². The monoisotopic (exact) mass is 501 g/mol. The van der Waals surface area contributed by atoms with Crippen molar-refractivity contribution in [2.24, 2.45) is 0 Å². The molecule has 0 unspecified atom stereocenters. The molecule has 1 heterocycles. The lowest BCUT2D eigenvalue weighted by Crippen LogP contribution is -2.52. The molecular formula is C25H31N3O6S. The minimum absolute atomic E-state index is 0.0644. The van der Waals surface area contributed by atoms with Crippen LogP contribution in [-0.4, -0.2) is 60.6 Å². The summed E-state index contributed by atoms with van der Waals surface area (Å²) in [5.74, 6) is -0.788. The van der Waals surface area contributed by atoms with Gasteiger partial charge in [-0.25, -0.2) is 12.7 Å². The summed E-state index contributed by atoms with van der Waals surface area (Å²) in [6.45, 7) is 6.96. The fraction of sp³-hybridized carbons (Fsp3) is 0.400. The second kappa shape index (κ2) is 10.1. The minimum atomic E-state index is -4.02. The van der Waals surface area contributed by atoms with Gasteiger partial charge in [0, 0.05) is 25.0 Å². The van der Waals surface area contributed by atoms with Crippen molar-refractivity contribution in [3.05, 3.63) is 59.7 Å². The van der Waals surface area contributed by atoms with E-state index in [1.165, 1.54) is 17.0 Å². The Bertz CT molecular complexity index is 1220. The van der Waals surface area contributed by atoms with Gasteiger partial charge in [0.2, 0.25) is 11.8 Å². The van der Waals surface area contributed by atoms with Crippen molar-refractivity contribution in [2.45, 2.75) is 57.1 Å². The van der Waals surface area contributed by atoms with Gasteiger partial charge in [0.05, 0.1) is 12.7 Å². The van der Waals surface area contributed by atoms with Crippen LogP contribution in [0.15, 0.2) is 53.4 Å². The van der Waals surface area contributed by atoms with Crippen molar-refractivity contribution < 1.29 is 27.5 Å². The molecule has 10 heteroatoms. The van der Waals surface area contributed by atoms with E-state index < -0.39 is 33.4 Å². The molecule has 0 radical (unpaired) electrons. The van der Waals surface area contributed by atoms with Gasteiger partial charge in [-0.1, -0.05) is 24.3 Å². The highest BCUT2D eigenvalue weighted by Gasteiger charge is 2.41. The van der Waals surface area contributed by atoms with Gasteiger partial charge < -0.3 is 15.0 Å². The average molecular weight is 502 g/mol. The molecule has 0 saturated heterocycles. The van der Waals surface area contributed by atoms with Crippen molar-refractivity contribution in [1.82, 2.24) is 14.5 Å². The Morgan fingerprint density at radius 1 is 1.09 bits per heavy atom. The maximum atomic E-state index is 13.3. The van der Waals surface area contributed by atoms with E-state index in [4.69, 9.17) is 4.74 Å². The van der Waals surface area contributed by atoms with Crippen LogP contribution >= 0.6 is 0 Å². The first kappa shape index (κ1) is 26.2. The van der Waals surface area contributed by atoms with E-state index in [1.807, 2.05) is 20.8 Å². The summed E-state index contributed by atoms with van der Waals surface area (Å²) < 4.78 is 31.6. The van der Waals surface area contributed by atoms with Crippen molar-refractivity contribution in [3.8, 4) is 5.75 Å². The second-order valence-corrected chi connectivity index (χ2v) is 11.2. The number of nitrogens with one attached hydrogen (secondary N) is 1. The van der Waals surface area contributed by atoms with E-state index >= 15 is 0 Å². The molecule has 0 bridgehead atoms. The Balaban J connectivity index is 1.80. The first-order valence-corrected chi connectivity index (χ1v) is 12.7. The third-order valence-corrected chi connectivity index (χ3v) is 7.46. The smallest absolute Gasteiger partial charge is 0.269 e. The lowest BCUT2D eigenvalue weighted by atomic mass is 10.1. The molecular weight excluding hydrogens is 470 g/mol. The molecule has 1 aliphatic rings. The standard InChI is InChI=1S/C25H31N3O6S/c1-17(23(30)26-25(2,3)4)27(16-18-10-12-19(34-5)13-11-18)22(29)14-15-28-24(31)20-8-6-7-9-21(20)35(28,32)33/h6-13,17H,14-16H2,1-5H3,(H,26,30)/t17-/m0/s1. The molecule has 0 aromatic heterocycles. The van der Waals surface area contributed by atoms with Crippen molar-refractivity contribution in [2.75, 3.05) is 13.7 Å². The Hall–Kier alpha value is -3.40. The molecule has 1 N–H and O–H groups in total. The number of sulfonamides is 1. The Morgan fingerprint density at radius 2 is 1.71 bits per heavy atom. The van der Waals surface area contributed by atoms with E-state index in [0.29, 0.717) is 5.75 Å². The number of amides is 3. The molecule has 0 saturated carbocycles. The van der Waals surface area contributed by atoms with Gasteiger partial charge in [-0.15, -0.1) is 0 Å². The quantitative estimate of drug-likeness (QED) is 0.595. The van der Waals surface area contributed by atoms with Gasteiger partial charge in [-0.2, -0.15) is 0 Å². The number of hydrogen-bond donors (Lipinski definition) is 1. The van der Waals surface area contributed by atoms with Crippen LogP contribution in [0.4, 0.5) is 0 Å². The van der Waals surface area contributed by atoms with E-state index in [9.17, 15) is 22.8 Å². The summed E-state index contributed by atoms with van der Waals surface area (Å²) in [4.78, 5) is 40.2. The molecule has 2 aromatic rings. The predicted molar refractivity (Wildman–Crippen MR) is 130 cm³/mol. The van der Waals surface area contributed by atoms with Crippen LogP contribution < -0.4 is 10.1 Å². The largest absolute Gasteiger partial charge is 0.497 e. The molecule has 2 aromatic carbocycles. The highest BCUT2D eigenvalue weighted by Crippen LogP contribution is 2.30. The maximum absolute atomic E-state index is 13.3. The van der Waals surface area contributed by atoms with Gasteiger partial charge >= 0.3 is 0 Å². The zero-order chi connectivity index (χ0) is 26.0. The van der Waals surface area contributed by atoms with Crippen LogP contribution in [0, 0.1) is 0 Å². The topological polar surface area (TPSA) is 113 Å². The van der Waals surface area contributed by atoms with Crippen LogP contribution in [0.2, 0.25) is 0 Å². The lowest BCUT2D eigenvalue weighted by Gasteiger charge is -2.32. The highest BCUT2D eigenvalue weighted by molar-refractivity contribution is 7.90. The van der Waals surface area contributed by atoms with E-state index in [2.05, 4.69) is 5.32 Å². The maximum Gasteiger partial charge on any atom is 0.269 e. The summed E-state index contributed by atoms with van der Waals surface area (Å²) >= 11 is 0. The summed E-state index contributed by atoms with van der Waals surface area (Å²) in [7, 11) is -2.47. The summed E-state index contributed by atoms with van der Waals surface area (Å²) in [5.41, 5.74) is 0.363. The normalized spacial score (nSPS) is 15.3. The fourth-order valence-electron chi connectivity index (χ4n) is 3.78. The van der Waals surface area contributed by atoms with Crippen molar-refractivity contribution >= 4 is 27.7 Å². The number of benzene rings is 2. The van der Waals surface area contributed by atoms with Crippen LogP contribution in [0.25, 0.3) is 0 Å². The summed E-state index contributed by atoms with van der Waals surface area (Å²) in [6, 6.07) is 12.2. The van der Waals surface area contributed by atoms with Gasteiger partial charge in [0.15, 0.2) is 0 Å². The third kappa shape index (κ3) is 5.82. The zero-order valence-electron chi connectivity index (χ0n) is 20.6. The van der Waals surface area contributed by atoms with Crippen LogP contribution in [0.3, 0.4) is 0 Å². The summed E-state index contributed by atoms with van der Waals surface area (Å²) in [5, 5.41) is 2.87. The van der Waals surface area contributed by atoms with E-state index in [0.717, 1.165) is 9.87 Å². The number of ether oxygens (including phenoxy) is 1. The van der Waals surface area contributed by atoms with E-state index in [-0.39, 0.29) is 35.9 Å². The van der Waals surface area contributed by atoms with Crippen LogP contribution in [-0.2, 0) is 26.2 Å². The van der Waals surface area contributed by atoms with Gasteiger partial charge in [-0.3, -0.25) is 14.4 Å². The summed E-state index contributed by atoms with van der Waals surface area (Å²) in [6.07, 6.45) is -0.262. The number of rotatable bonds is 8. The molecule has 0 aliphatic carbocycles. The lowest BCUT2D eigenvalue weighted by molar-refractivity contribution is -0.141.